The molecule has 96 valence electrons. The number of nitrogens with one attached hydrogen (secondary N) is 1. The van der Waals surface area contributed by atoms with Gasteiger partial charge in [-0.1, -0.05) is 0 Å². The molecule has 0 aromatic carbocycles. The number of hydrogen-bond donors (Lipinski definition) is 2. The Hall–Kier alpha value is -0.500. The summed E-state index contributed by atoms with van der Waals surface area (Å²) in [5.74, 6) is -5.62. The van der Waals surface area contributed by atoms with Crippen LogP contribution >= 0.6 is 11.8 Å². The van der Waals surface area contributed by atoms with Crippen molar-refractivity contribution >= 4 is 17.7 Å². The van der Waals surface area contributed by atoms with E-state index in [0.717, 1.165) is 0 Å². The predicted octanol–water partition coefficient (Wildman–Crippen LogP) is 1.12. The van der Waals surface area contributed by atoms with Gasteiger partial charge in [0.15, 0.2) is 0 Å². The summed E-state index contributed by atoms with van der Waals surface area (Å²) in [7, 11) is 0. The standard InChI is InChI=1S/C8H13F4NO2S/c9-6(10)8(11,12)7(15)13-2-5-16-4-1-3-14/h6,14H,1-5H2,(H,13,15). The molecule has 0 saturated carbocycles. The summed E-state index contributed by atoms with van der Waals surface area (Å²) in [4.78, 5) is 10.6. The Morgan fingerprint density at radius 1 is 1.38 bits per heavy atom. The molecule has 16 heavy (non-hydrogen) atoms. The molecule has 0 aliphatic heterocycles. The number of aliphatic hydroxyl groups is 1. The Kier molecular flexibility index (Phi) is 7.48. The molecule has 8 heteroatoms. The van der Waals surface area contributed by atoms with Gasteiger partial charge in [-0.05, 0) is 12.2 Å². The van der Waals surface area contributed by atoms with Gasteiger partial charge in [-0.15, -0.1) is 0 Å². The number of halogens is 4. The smallest absolute Gasteiger partial charge is 0.383 e. The Morgan fingerprint density at radius 3 is 2.50 bits per heavy atom. The maximum absolute atomic E-state index is 12.4. The lowest BCUT2D eigenvalue weighted by Crippen LogP contribution is -2.45. The van der Waals surface area contributed by atoms with Crippen LogP contribution in [0, 0.1) is 0 Å². The summed E-state index contributed by atoms with van der Waals surface area (Å²) in [5, 5.41) is 10.1. The number of aliphatic hydroxyl groups excluding tert-OH is 1. The lowest BCUT2D eigenvalue weighted by molar-refractivity contribution is -0.169. The van der Waals surface area contributed by atoms with Crippen molar-refractivity contribution in [2.75, 3.05) is 24.7 Å². The van der Waals surface area contributed by atoms with Crippen molar-refractivity contribution in [3.05, 3.63) is 0 Å². The first-order valence-corrected chi connectivity index (χ1v) is 5.71. The van der Waals surface area contributed by atoms with Crippen molar-refractivity contribution in [3.63, 3.8) is 0 Å². The van der Waals surface area contributed by atoms with Crippen LogP contribution in [0.25, 0.3) is 0 Å². The fraction of sp³-hybridized carbons (Fsp3) is 0.875. The first-order chi connectivity index (χ1) is 7.42. The largest absolute Gasteiger partial charge is 0.396 e. The Bertz CT molecular complexity index is 216. The lowest BCUT2D eigenvalue weighted by atomic mass is 10.3. The molecular formula is C8H13F4NO2S. The first kappa shape index (κ1) is 15.5. The molecule has 0 radical (unpaired) electrons. The average molecular weight is 263 g/mol. The number of amides is 1. The van der Waals surface area contributed by atoms with Gasteiger partial charge in [0.05, 0.1) is 0 Å². The van der Waals surface area contributed by atoms with Gasteiger partial charge in [-0.3, -0.25) is 4.79 Å². The van der Waals surface area contributed by atoms with Crippen LogP contribution in [0.1, 0.15) is 6.42 Å². The third-order valence-corrected chi connectivity index (χ3v) is 2.63. The van der Waals surface area contributed by atoms with E-state index in [-0.39, 0.29) is 13.2 Å². The van der Waals surface area contributed by atoms with E-state index < -0.39 is 18.3 Å². The molecule has 0 fully saturated rings. The molecule has 0 bridgehead atoms. The van der Waals surface area contributed by atoms with Crippen molar-refractivity contribution in [2.45, 2.75) is 18.8 Å². The predicted molar refractivity (Wildman–Crippen MR) is 53.0 cm³/mol. The molecular weight excluding hydrogens is 250 g/mol. The van der Waals surface area contributed by atoms with E-state index in [0.29, 0.717) is 17.9 Å². The maximum atomic E-state index is 12.4. The zero-order chi connectivity index (χ0) is 12.6. The van der Waals surface area contributed by atoms with E-state index >= 15 is 0 Å². The van der Waals surface area contributed by atoms with Crippen LogP contribution in [0.5, 0.6) is 0 Å². The fourth-order valence-corrected chi connectivity index (χ4v) is 1.51. The number of hydrogen-bond acceptors (Lipinski definition) is 3. The van der Waals surface area contributed by atoms with Crippen molar-refractivity contribution in [2.24, 2.45) is 0 Å². The Balaban J connectivity index is 3.66. The number of carbonyl (C=O) groups is 1. The van der Waals surface area contributed by atoms with Crippen LogP contribution in [-0.2, 0) is 4.79 Å². The highest BCUT2D eigenvalue weighted by Gasteiger charge is 2.48. The quantitative estimate of drug-likeness (QED) is 0.509. The zero-order valence-corrected chi connectivity index (χ0v) is 9.20. The van der Waals surface area contributed by atoms with Crippen LogP contribution in [-0.4, -0.2) is 48.0 Å². The molecule has 0 saturated heterocycles. The minimum absolute atomic E-state index is 0.0306. The number of carbonyl (C=O) groups excluding carboxylic acids is 1. The van der Waals surface area contributed by atoms with Gasteiger partial charge in [-0.2, -0.15) is 20.5 Å². The van der Waals surface area contributed by atoms with Crippen LogP contribution < -0.4 is 5.32 Å². The van der Waals surface area contributed by atoms with Crippen LogP contribution in [0.15, 0.2) is 0 Å². The van der Waals surface area contributed by atoms with Crippen molar-refractivity contribution < 1.29 is 27.5 Å². The zero-order valence-electron chi connectivity index (χ0n) is 8.39. The summed E-state index contributed by atoms with van der Waals surface area (Å²) in [6.45, 7) is -0.0694. The van der Waals surface area contributed by atoms with Crippen molar-refractivity contribution in [1.82, 2.24) is 5.32 Å². The second-order valence-electron chi connectivity index (χ2n) is 2.87. The normalized spacial score (nSPS) is 11.9. The summed E-state index contributed by atoms with van der Waals surface area (Å²) in [6, 6.07) is 0. The second kappa shape index (κ2) is 7.72. The van der Waals surface area contributed by atoms with E-state index in [4.69, 9.17) is 5.11 Å². The third-order valence-electron chi connectivity index (χ3n) is 1.56. The molecule has 0 rings (SSSR count). The summed E-state index contributed by atoms with van der Waals surface area (Å²) < 4.78 is 48.1. The summed E-state index contributed by atoms with van der Waals surface area (Å²) in [5.41, 5.74) is 0. The summed E-state index contributed by atoms with van der Waals surface area (Å²) in [6.07, 6.45) is -3.43. The van der Waals surface area contributed by atoms with Crippen LogP contribution in [0.3, 0.4) is 0 Å². The molecule has 0 atom stereocenters. The van der Waals surface area contributed by atoms with Gasteiger partial charge in [0.1, 0.15) is 0 Å². The fourth-order valence-electron chi connectivity index (χ4n) is 0.722. The highest BCUT2D eigenvalue weighted by molar-refractivity contribution is 7.99. The van der Waals surface area contributed by atoms with Gasteiger partial charge in [-0.25, -0.2) is 8.78 Å². The highest BCUT2D eigenvalue weighted by Crippen LogP contribution is 2.22. The van der Waals surface area contributed by atoms with Crippen LogP contribution in [0.4, 0.5) is 17.6 Å². The molecule has 0 heterocycles. The van der Waals surface area contributed by atoms with Gasteiger partial charge in [0.25, 0.3) is 5.91 Å². The van der Waals surface area contributed by atoms with Gasteiger partial charge in [0, 0.05) is 18.9 Å². The molecule has 0 aliphatic carbocycles. The van der Waals surface area contributed by atoms with E-state index in [1.54, 1.807) is 5.32 Å². The second-order valence-corrected chi connectivity index (χ2v) is 4.09. The third kappa shape index (κ3) is 5.55. The van der Waals surface area contributed by atoms with E-state index in [2.05, 4.69) is 0 Å². The molecule has 0 aliphatic rings. The van der Waals surface area contributed by atoms with Crippen LogP contribution in [0.2, 0.25) is 0 Å². The minimum atomic E-state index is -4.63. The number of alkyl halides is 4. The SMILES string of the molecule is O=C(NCCSCCCO)C(F)(F)C(F)F. The monoisotopic (exact) mass is 263 g/mol. The highest BCUT2D eigenvalue weighted by atomic mass is 32.2. The number of rotatable bonds is 8. The number of thioether (sulfide) groups is 1. The van der Waals surface area contributed by atoms with Gasteiger partial charge < -0.3 is 10.4 Å². The van der Waals surface area contributed by atoms with Crippen molar-refractivity contribution in [1.29, 1.82) is 0 Å². The molecule has 1 amide bonds. The Labute approximate surface area is 94.6 Å². The lowest BCUT2D eigenvalue weighted by Gasteiger charge is -2.14. The van der Waals surface area contributed by atoms with E-state index in [1.807, 2.05) is 0 Å². The molecule has 3 nitrogen and oxygen atoms in total. The van der Waals surface area contributed by atoms with Gasteiger partial charge in [0.2, 0.25) is 0 Å². The molecule has 2 N–H and O–H groups in total. The molecule has 0 spiro atoms. The summed E-state index contributed by atoms with van der Waals surface area (Å²) >= 11 is 1.33. The average Bonchev–Trinajstić information content (AvgIpc) is 2.22. The molecule has 0 aromatic heterocycles. The molecule has 0 aromatic rings. The van der Waals surface area contributed by atoms with Crippen molar-refractivity contribution in [3.8, 4) is 0 Å². The Morgan fingerprint density at radius 2 is 2.00 bits per heavy atom. The molecule has 0 unspecified atom stereocenters. The minimum Gasteiger partial charge on any atom is -0.396 e. The maximum Gasteiger partial charge on any atom is 0.383 e. The van der Waals surface area contributed by atoms with Gasteiger partial charge >= 0.3 is 12.3 Å². The topological polar surface area (TPSA) is 49.3 Å². The van der Waals surface area contributed by atoms with E-state index in [1.165, 1.54) is 11.8 Å². The first-order valence-electron chi connectivity index (χ1n) is 4.55. The van der Waals surface area contributed by atoms with E-state index in [9.17, 15) is 22.4 Å².